The van der Waals surface area contributed by atoms with Gasteiger partial charge in [0.15, 0.2) is 11.5 Å². The summed E-state index contributed by atoms with van der Waals surface area (Å²) in [6.07, 6.45) is 0.692. The number of carbonyl (C=O) groups is 2. The fraction of sp³-hybridized carbons (Fsp3) is 0.200. The van der Waals surface area contributed by atoms with Gasteiger partial charge in [0.1, 0.15) is 0 Å². The number of hydrogen-bond acceptors (Lipinski definition) is 6. The van der Waals surface area contributed by atoms with Gasteiger partial charge in [-0.1, -0.05) is 12.1 Å². The molecule has 0 fully saturated rings. The molecule has 144 valence electrons. The molecule has 8 heteroatoms. The first kappa shape index (κ1) is 18.5. The minimum atomic E-state index is -0.650. The number of amides is 2. The van der Waals surface area contributed by atoms with Crippen LogP contribution in [0.2, 0.25) is 0 Å². The first-order chi connectivity index (χ1) is 13.7. The maximum atomic E-state index is 12.0. The quantitative estimate of drug-likeness (QED) is 0.608. The molecule has 1 aliphatic heterocycles. The first-order valence-corrected chi connectivity index (χ1v) is 10.5. The number of carbonyl (C=O) groups excluding carboxylic acids is 2. The van der Waals surface area contributed by atoms with E-state index < -0.39 is 11.8 Å². The highest BCUT2D eigenvalue weighted by atomic mass is 32.1. The van der Waals surface area contributed by atoms with E-state index in [1.807, 2.05) is 12.1 Å². The maximum absolute atomic E-state index is 12.0. The summed E-state index contributed by atoms with van der Waals surface area (Å²) in [7, 11) is 0. The first-order valence-electron chi connectivity index (χ1n) is 8.76. The normalized spacial score (nSPS) is 12.0. The number of nitrogens with one attached hydrogen (secondary N) is 2. The average molecular weight is 415 g/mol. The molecule has 0 aliphatic carbocycles. The van der Waals surface area contributed by atoms with Gasteiger partial charge in [-0.3, -0.25) is 9.59 Å². The molecule has 2 amide bonds. The Balaban J connectivity index is 1.21. The van der Waals surface area contributed by atoms with Gasteiger partial charge in [0, 0.05) is 27.7 Å². The van der Waals surface area contributed by atoms with E-state index in [-0.39, 0.29) is 13.3 Å². The molecule has 6 nitrogen and oxygen atoms in total. The number of fused-ring (bicyclic) bond motifs is 1. The lowest BCUT2D eigenvalue weighted by Gasteiger charge is -2.07. The van der Waals surface area contributed by atoms with Crippen LogP contribution in [0.1, 0.15) is 10.4 Å². The van der Waals surface area contributed by atoms with Crippen molar-refractivity contribution in [2.45, 2.75) is 13.0 Å². The van der Waals surface area contributed by atoms with E-state index in [9.17, 15) is 9.59 Å². The number of benzene rings is 1. The highest BCUT2D eigenvalue weighted by Crippen LogP contribution is 2.32. The predicted octanol–water partition coefficient (Wildman–Crippen LogP) is 3.18. The third kappa shape index (κ3) is 4.35. The summed E-state index contributed by atoms with van der Waals surface area (Å²) in [4.78, 5) is 27.6. The molecule has 4 rings (SSSR count). The SMILES string of the molecule is O=C(NCCc1ccc(-c2cccs2)s1)C(=O)NCc1ccc2c(c1)OCO2. The lowest BCUT2D eigenvalue weighted by atomic mass is 10.2. The minimum Gasteiger partial charge on any atom is -0.454 e. The summed E-state index contributed by atoms with van der Waals surface area (Å²) >= 11 is 3.41. The molecule has 0 bridgehead atoms. The highest BCUT2D eigenvalue weighted by molar-refractivity contribution is 7.21. The molecule has 2 aromatic heterocycles. The summed E-state index contributed by atoms with van der Waals surface area (Å²) in [5.74, 6) is 0.0524. The van der Waals surface area contributed by atoms with Crippen molar-refractivity contribution in [2.24, 2.45) is 0 Å². The zero-order chi connectivity index (χ0) is 19.3. The summed E-state index contributed by atoms with van der Waals surface area (Å²) in [5.41, 5.74) is 0.838. The van der Waals surface area contributed by atoms with Crippen LogP contribution in [-0.4, -0.2) is 25.2 Å². The van der Waals surface area contributed by atoms with Crippen molar-refractivity contribution in [3.8, 4) is 21.3 Å². The van der Waals surface area contributed by atoms with Gasteiger partial charge in [0.25, 0.3) is 0 Å². The Kier molecular flexibility index (Phi) is 5.59. The second-order valence-electron chi connectivity index (χ2n) is 6.12. The van der Waals surface area contributed by atoms with E-state index in [4.69, 9.17) is 9.47 Å². The van der Waals surface area contributed by atoms with Crippen LogP contribution in [0.3, 0.4) is 0 Å². The summed E-state index contributed by atoms with van der Waals surface area (Å²) in [6.45, 7) is 0.866. The minimum absolute atomic E-state index is 0.201. The molecular formula is C20H18N2O4S2. The van der Waals surface area contributed by atoms with E-state index in [1.165, 1.54) is 14.6 Å². The Morgan fingerprint density at radius 3 is 2.68 bits per heavy atom. The monoisotopic (exact) mass is 414 g/mol. The van der Waals surface area contributed by atoms with Crippen molar-refractivity contribution in [2.75, 3.05) is 13.3 Å². The fourth-order valence-corrected chi connectivity index (χ4v) is 4.60. The van der Waals surface area contributed by atoms with Crippen molar-refractivity contribution >= 4 is 34.5 Å². The van der Waals surface area contributed by atoms with Gasteiger partial charge in [-0.15, -0.1) is 22.7 Å². The Morgan fingerprint density at radius 2 is 1.82 bits per heavy atom. The summed E-state index contributed by atoms with van der Waals surface area (Å²) in [5, 5.41) is 7.34. The fourth-order valence-electron chi connectivity index (χ4n) is 2.76. The summed E-state index contributed by atoms with van der Waals surface area (Å²) in [6, 6.07) is 13.7. The van der Waals surface area contributed by atoms with E-state index in [0.717, 1.165) is 5.56 Å². The van der Waals surface area contributed by atoms with Crippen molar-refractivity contribution in [1.29, 1.82) is 0 Å². The molecule has 0 unspecified atom stereocenters. The van der Waals surface area contributed by atoms with Crippen LogP contribution in [0.4, 0.5) is 0 Å². The smallest absolute Gasteiger partial charge is 0.309 e. The molecule has 1 aromatic carbocycles. The Hall–Kier alpha value is -2.84. The molecule has 0 radical (unpaired) electrons. The van der Waals surface area contributed by atoms with Gasteiger partial charge in [0.2, 0.25) is 6.79 Å². The molecule has 0 spiro atoms. The highest BCUT2D eigenvalue weighted by Gasteiger charge is 2.15. The third-order valence-electron chi connectivity index (χ3n) is 4.18. The van der Waals surface area contributed by atoms with Crippen molar-refractivity contribution in [1.82, 2.24) is 10.6 Å². The van der Waals surface area contributed by atoms with Gasteiger partial charge in [-0.05, 0) is 47.7 Å². The van der Waals surface area contributed by atoms with Crippen LogP contribution >= 0.6 is 22.7 Å². The molecule has 3 aromatic rings. The zero-order valence-electron chi connectivity index (χ0n) is 14.9. The average Bonchev–Trinajstić information content (AvgIpc) is 3.46. The molecule has 2 N–H and O–H groups in total. The standard InChI is InChI=1S/C20H18N2O4S2/c23-19(20(24)22-11-13-3-5-15-16(10-13)26-12-25-15)21-8-7-14-4-6-18(28-14)17-2-1-9-27-17/h1-6,9-10H,7-8,11-12H2,(H,21,23)(H,22,24). The molecule has 0 saturated heterocycles. The van der Waals surface area contributed by atoms with Crippen LogP contribution in [-0.2, 0) is 22.6 Å². The third-order valence-corrected chi connectivity index (χ3v) is 6.39. The molecule has 3 heterocycles. The van der Waals surface area contributed by atoms with Gasteiger partial charge in [-0.25, -0.2) is 0 Å². The van der Waals surface area contributed by atoms with Crippen LogP contribution < -0.4 is 20.1 Å². The Bertz CT molecular complexity index is 982. The molecule has 28 heavy (non-hydrogen) atoms. The summed E-state index contributed by atoms with van der Waals surface area (Å²) < 4.78 is 10.5. The van der Waals surface area contributed by atoms with Gasteiger partial charge in [0.05, 0.1) is 0 Å². The lowest BCUT2D eigenvalue weighted by molar-refractivity contribution is -0.139. The van der Waals surface area contributed by atoms with Gasteiger partial charge >= 0.3 is 11.8 Å². The topological polar surface area (TPSA) is 76.7 Å². The maximum Gasteiger partial charge on any atom is 0.309 e. The molecular weight excluding hydrogens is 396 g/mol. The number of thiophene rings is 2. The second kappa shape index (κ2) is 8.45. The molecule has 0 saturated carbocycles. The van der Waals surface area contributed by atoms with Crippen molar-refractivity contribution in [3.05, 3.63) is 58.3 Å². The van der Waals surface area contributed by atoms with Crippen LogP contribution in [0, 0.1) is 0 Å². The Morgan fingerprint density at radius 1 is 0.964 bits per heavy atom. The van der Waals surface area contributed by atoms with Crippen LogP contribution in [0.5, 0.6) is 11.5 Å². The van der Waals surface area contributed by atoms with E-state index in [2.05, 4.69) is 34.2 Å². The Labute approximate surface area is 170 Å². The number of ether oxygens (including phenoxy) is 2. The predicted molar refractivity (Wildman–Crippen MR) is 109 cm³/mol. The number of hydrogen-bond donors (Lipinski definition) is 2. The van der Waals surface area contributed by atoms with E-state index in [1.54, 1.807) is 34.8 Å². The second-order valence-corrected chi connectivity index (χ2v) is 8.24. The van der Waals surface area contributed by atoms with Crippen molar-refractivity contribution < 1.29 is 19.1 Å². The zero-order valence-corrected chi connectivity index (χ0v) is 16.5. The largest absolute Gasteiger partial charge is 0.454 e. The van der Waals surface area contributed by atoms with Crippen LogP contribution in [0.25, 0.3) is 9.75 Å². The van der Waals surface area contributed by atoms with Crippen molar-refractivity contribution in [3.63, 3.8) is 0 Å². The van der Waals surface area contributed by atoms with E-state index >= 15 is 0 Å². The lowest BCUT2D eigenvalue weighted by Crippen LogP contribution is -2.40. The van der Waals surface area contributed by atoms with Gasteiger partial charge in [-0.2, -0.15) is 0 Å². The van der Waals surface area contributed by atoms with E-state index in [0.29, 0.717) is 24.5 Å². The van der Waals surface area contributed by atoms with Crippen LogP contribution in [0.15, 0.2) is 47.8 Å². The number of rotatable bonds is 6. The molecule has 1 aliphatic rings. The van der Waals surface area contributed by atoms with Gasteiger partial charge < -0.3 is 20.1 Å². The molecule has 0 atom stereocenters.